The maximum absolute atomic E-state index is 10.2. The predicted octanol–water partition coefficient (Wildman–Crippen LogP) is -2.87. The third kappa shape index (κ3) is 2.86. The van der Waals surface area contributed by atoms with Crippen molar-refractivity contribution in [2.45, 2.75) is 38.0 Å². The molecule has 6 N–H and O–H groups in total. The molecule has 0 aliphatic carbocycles. The molecule has 0 saturated carbocycles. The lowest BCUT2D eigenvalue weighted by molar-refractivity contribution is -0.192. The van der Waals surface area contributed by atoms with E-state index in [9.17, 15) is 15.0 Å². The minimum atomic E-state index is -1.27. The molecule has 90 valence electrons. The Balaban J connectivity index is 0.00000196. The van der Waals surface area contributed by atoms with Crippen molar-refractivity contribution in [3.8, 4) is 0 Å². The van der Waals surface area contributed by atoms with Crippen molar-refractivity contribution in [2.24, 2.45) is 5.73 Å². The van der Waals surface area contributed by atoms with Crippen LogP contribution in [0.5, 0.6) is 0 Å². The molecule has 0 radical (unpaired) electrons. The van der Waals surface area contributed by atoms with Gasteiger partial charge in [-0.3, -0.25) is 4.79 Å². The highest BCUT2D eigenvalue weighted by Gasteiger charge is 2.42. The first-order valence-electron chi connectivity index (χ1n) is 4.19. The second-order valence-electron chi connectivity index (χ2n) is 3.11. The molecule has 1 aliphatic heterocycles. The van der Waals surface area contributed by atoms with E-state index in [-0.39, 0.29) is 7.43 Å². The van der Waals surface area contributed by atoms with Gasteiger partial charge in [-0.15, -0.1) is 0 Å². The first-order chi connectivity index (χ1) is 6.61. The molecule has 1 amide bonds. The fourth-order valence-corrected chi connectivity index (χ4v) is 1.42. The molecule has 0 aromatic carbocycles. The van der Waals surface area contributed by atoms with E-state index < -0.39 is 37.2 Å². The van der Waals surface area contributed by atoms with E-state index in [4.69, 9.17) is 15.6 Å². The quantitative estimate of drug-likeness (QED) is 0.327. The van der Waals surface area contributed by atoms with E-state index in [2.05, 4.69) is 5.32 Å². The minimum Gasteiger partial charge on any atom is -0.394 e. The maximum Gasteiger partial charge on any atom is 0.207 e. The summed E-state index contributed by atoms with van der Waals surface area (Å²) in [6.45, 7) is -0.445. The highest BCUT2D eigenvalue weighted by atomic mass is 16.5. The van der Waals surface area contributed by atoms with Crippen molar-refractivity contribution >= 4 is 6.41 Å². The van der Waals surface area contributed by atoms with Crippen molar-refractivity contribution in [2.75, 3.05) is 6.61 Å². The first kappa shape index (κ1) is 14.3. The molecule has 1 fully saturated rings. The van der Waals surface area contributed by atoms with Gasteiger partial charge in [0.1, 0.15) is 24.5 Å². The van der Waals surface area contributed by atoms with Crippen LogP contribution in [-0.2, 0) is 9.53 Å². The zero-order chi connectivity index (χ0) is 10.7. The summed E-state index contributed by atoms with van der Waals surface area (Å²) in [5.41, 5.74) is 5.46. The van der Waals surface area contributed by atoms with Crippen LogP contribution in [-0.4, -0.2) is 58.9 Å². The monoisotopic (exact) mass is 222 g/mol. The molecule has 1 rings (SSSR count). The molecule has 0 aromatic rings. The number of carbonyl (C=O) groups is 1. The highest BCUT2D eigenvalue weighted by Crippen LogP contribution is 2.17. The fourth-order valence-electron chi connectivity index (χ4n) is 1.42. The second-order valence-corrected chi connectivity index (χ2v) is 3.11. The molecule has 0 unspecified atom stereocenters. The van der Waals surface area contributed by atoms with Crippen molar-refractivity contribution in [3.05, 3.63) is 0 Å². The average molecular weight is 222 g/mol. The van der Waals surface area contributed by atoms with Gasteiger partial charge in [0, 0.05) is 0 Å². The van der Waals surface area contributed by atoms with E-state index in [1.807, 2.05) is 0 Å². The summed E-state index contributed by atoms with van der Waals surface area (Å²) in [6, 6.07) is -0.870. The largest absolute Gasteiger partial charge is 0.394 e. The SMILES string of the molecule is C.N[C@H]1O[C@H](CO)[C@@H](O)[C@H](O)[C@H]1NC=O. The van der Waals surface area contributed by atoms with Crippen LogP contribution in [0.15, 0.2) is 0 Å². The predicted molar refractivity (Wildman–Crippen MR) is 51.7 cm³/mol. The average Bonchev–Trinajstić information content (AvgIpc) is 2.18. The van der Waals surface area contributed by atoms with Crippen LogP contribution in [0, 0.1) is 0 Å². The lowest BCUT2D eigenvalue weighted by Gasteiger charge is -2.40. The smallest absolute Gasteiger partial charge is 0.207 e. The number of carbonyl (C=O) groups excluding carboxylic acids is 1. The number of amides is 1. The van der Waals surface area contributed by atoms with Gasteiger partial charge < -0.3 is 31.1 Å². The minimum absolute atomic E-state index is 0. The number of hydrogen-bond acceptors (Lipinski definition) is 6. The van der Waals surface area contributed by atoms with Crippen molar-refractivity contribution in [3.63, 3.8) is 0 Å². The zero-order valence-electron chi connectivity index (χ0n) is 7.41. The van der Waals surface area contributed by atoms with Gasteiger partial charge >= 0.3 is 0 Å². The molecule has 7 nitrogen and oxygen atoms in total. The molecule has 7 heteroatoms. The Bertz CT molecular complexity index is 203. The van der Waals surface area contributed by atoms with E-state index in [0.29, 0.717) is 6.41 Å². The van der Waals surface area contributed by atoms with Crippen molar-refractivity contribution in [1.82, 2.24) is 5.32 Å². The highest BCUT2D eigenvalue weighted by molar-refractivity contribution is 5.47. The zero-order valence-corrected chi connectivity index (χ0v) is 7.41. The van der Waals surface area contributed by atoms with Gasteiger partial charge in [0.25, 0.3) is 0 Å². The third-order valence-corrected chi connectivity index (χ3v) is 2.23. The van der Waals surface area contributed by atoms with Crippen LogP contribution in [0.3, 0.4) is 0 Å². The Morgan fingerprint density at radius 1 is 1.40 bits per heavy atom. The van der Waals surface area contributed by atoms with Gasteiger partial charge in [0.15, 0.2) is 0 Å². The molecule has 1 aliphatic rings. The fraction of sp³-hybridized carbons (Fsp3) is 0.875. The normalized spacial score (nSPS) is 40.4. The van der Waals surface area contributed by atoms with Gasteiger partial charge in [-0.1, -0.05) is 7.43 Å². The second kappa shape index (κ2) is 5.99. The summed E-state index contributed by atoms with van der Waals surface area (Å²) in [6.07, 6.45) is -4.03. The van der Waals surface area contributed by atoms with E-state index in [1.54, 1.807) is 0 Å². The van der Waals surface area contributed by atoms with Gasteiger partial charge in [0.2, 0.25) is 6.41 Å². The Morgan fingerprint density at radius 3 is 2.47 bits per heavy atom. The number of aliphatic hydroxyl groups is 3. The van der Waals surface area contributed by atoms with Crippen LogP contribution < -0.4 is 11.1 Å². The summed E-state index contributed by atoms with van der Waals surface area (Å²) in [4.78, 5) is 10.2. The molecule has 1 heterocycles. The molecule has 5 atom stereocenters. The van der Waals surface area contributed by atoms with Crippen LogP contribution in [0.2, 0.25) is 0 Å². The number of ether oxygens (including phenoxy) is 1. The number of nitrogens with one attached hydrogen (secondary N) is 1. The van der Waals surface area contributed by atoms with Gasteiger partial charge in [-0.2, -0.15) is 0 Å². The summed E-state index contributed by atoms with van der Waals surface area (Å²) in [5, 5.41) is 29.9. The molecular weight excluding hydrogens is 204 g/mol. The van der Waals surface area contributed by atoms with Gasteiger partial charge in [-0.05, 0) is 0 Å². The lowest BCUT2D eigenvalue weighted by atomic mass is 9.96. The number of hydrogen-bond donors (Lipinski definition) is 5. The van der Waals surface area contributed by atoms with Gasteiger partial charge in [-0.25, -0.2) is 0 Å². The number of rotatable bonds is 3. The molecule has 0 spiro atoms. The Kier molecular flexibility index (Phi) is 5.69. The summed E-state index contributed by atoms with van der Waals surface area (Å²) in [7, 11) is 0. The Labute approximate surface area is 87.8 Å². The molecular formula is C8H18N2O5. The summed E-state index contributed by atoms with van der Waals surface area (Å²) < 4.78 is 4.98. The standard InChI is InChI=1S/C7H14N2O5.CH4/c8-7-4(9-2-11)6(13)5(12)3(1-10)14-7;/h2-7,10,12-13H,1,8H2,(H,9,11);1H4/t3-,4-,5-,6-,7+;/m1./s1. The van der Waals surface area contributed by atoms with Crippen LogP contribution in [0.1, 0.15) is 7.43 Å². The van der Waals surface area contributed by atoms with Gasteiger partial charge in [0.05, 0.1) is 12.6 Å². The van der Waals surface area contributed by atoms with E-state index in [0.717, 1.165) is 0 Å². The molecule has 0 bridgehead atoms. The van der Waals surface area contributed by atoms with Crippen LogP contribution in [0.25, 0.3) is 0 Å². The summed E-state index contributed by atoms with van der Waals surface area (Å²) >= 11 is 0. The topological polar surface area (TPSA) is 125 Å². The van der Waals surface area contributed by atoms with Crippen molar-refractivity contribution in [1.29, 1.82) is 0 Å². The van der Waals surface area contributed by atoms with E-state index >= 15 is 0 Å². The molecule has 0 aromatic heterocycles. The number of aliphatic hydroxyl groups excluding tert-OH is 3. The summed E-state index contributed by atoms with van der Waals surface area (Å²) in [5.74, 6) is 0. The third-order valence-electron chi connectivity index (χ3n) is 2.23. The van der Waals surface area contributed by atoms with Crippen molar-refractivity contribution < 1.29 is 24.9 Å². The maximum atomic E-state index is 10.2. The molecule has 15 heavy (non-hydrogen) atoms. The van der Waals surface area contributed by atoms with E-state index in [1.165, 1.54) is 0 Å². The first-order valence-corrected chi connectivity index (χ1v) is 4.19. The molecule has 1 saturated heterocycles. The lowest BCUT2D eigenvalue weighted by Crippen LogP contribution is -2.65. The Hall–Kier alpha value is -0.730. The van der Waals surface area contributed by atoms with Crippen LogP contribution >= 0.6 is 0 Å². The number of nitrogens with two attached hydrogens (primary N) is 1. The Morgan fingerprint density at radius 2 is 2.00 bits per heavy atom. The van der Waals surface area contributed by atoms with Crippen LogP contribution in [0.4, 0.5) is 0 Å².